The normalized spacial score (nSPS) is 21.0. The molecule has 20 heavy (non-hydrogen) atoms. The van der Waals surface area contributed by atoms with Crippen LogP contribution in [0.5, 0.6) is 0 Å². The number of piperazine rings is 1. The molecule has 0 saturated carbocycles. The van der Waals surface area contributed by atoms with Crippen LogP contribution in [0.2, 0.25) is 0 Å². The van der Waals surface area contributed by atoms with Gasteiger partial charge in [-0.25, -0.2) is 8.42 Å². The van der Waals surface area contributed by atoms with Crippen LogP contribution in [-0.2, 0) is 19.4 Å². The highest BCUT2D eigenvalue weighted by molar-refractivity contribution is 7.91. The quantitative estimate of drug-likeness (QED) is 0.785. The molecular formula is C13H24N2O4S. The lowest BCUT2D eigenvalue weighted by molar-refractivity contribution is -0.147. The summed E-state index contributed by atoms with van der Waals surface area (Å²) < 4.78 is 22.9. The van der Waals surface area contributed by atoms with E-state index in [0.717, 1.165) is 0 Å². The zero-order valence-electron chi connectivity index (χ0n) is 12.6. The van der Waals surface area contributed by atoms with E-state index in [2.05, 4.69) is 5.32 Å². The van der Waals surface area contributed by atoms with Gasteiger partial charge in [0, 0.05) is 12.3 Å². The van der Waals surface area contributed by atoms with Crippen LogP contribution in [0.25, 0.3) is 0 Å². The van der Waals surface area contributed by atoms with E-state index in [1.165, 1.54) is 4.90 Å². The summed E-state index contributed by atoms with van der Waals surface area (Å²) in [6.07, 6.45) is 0.367. The predicted molar refractivity (Wildman–Crippen MR) is 76.9 cm³/mol. The fraction of sp³-hybridized carbons (Fsp3) is 0.846. The van der Waals surface area contributed by atoms with Crippen molar-refractivity contribution in [1.29, 1.82) is 0 Å². The van der Waals surface area contributed by atoms with Crippen molar-refractivity contribution in [2.45, 2.75) is 40.2 Å². The van der Waals surface area contributed by atoms with Crippen molar-refractivity contribution in [3.8, 4) is 0 Å². The van der Waals surface area contributed by atoms with Crippen LogP contribution in [0, 0.1) is 5.41 Å². The van der Waals surface area contributed by atoms with Gasteiger partial charge in [0.1, 0.15) is 15.9 Å². The predicted octanol–water partition coefficient (Wildman–Crippen LogP) is 0.184. The van der Waals surface area contributed by atoms with Crippen LogP contribution in [0.4, 0.5) is 0 Å². The van der Waals surface area contributed by atoms with E-state index in [1.807, 2.05) is 20.8 Å². The first-order valence-corrected chi connectivity index (χ1v) is 8.67. The molecule has 1 N–H and O–H groups in total. The van der Waals surface area contributed by atoms with Gasteiger partial charge in [0.2, 0.25) is 11.8 Å². The van der Waals surface area contributed by atoms with Crippen LogP contribution < -0.4 is 5.32 Å². The van der Waals surface area contributed by atoms with E-state index in [0.29, 0.717) is 13.0 Å². The zero-order valence-corrected chi connectivity index (χ0v) is 13.4. The monoisotopic (exact) mass is 304 g/mol. The van der Waals surface area contributed by atoms with Crippen molar-refractivity contribution in [1.82, 2.24) is 10.2 Å². The topological polar surface area (TPSA) is 83.6 Å². The van der Waals surface area contributed by atoms with E-state index in [4.69, 9.17) is 0 Å². The summed E-state index contributed by atoms with van der Waals surface area (Å²) >= 11 is 0. The summed E-state index contributed by atoms with van der Waals surface area (Å²) in [6.45, 7) is 7.59. The number of hydrogen-bond acceptors (Lipinski definition) is 4. The molecule has 1 unspecified atom stereocenters. The van der Waals surface area contributed by atoms with Gasteiger partial charge in [-0.05, 0) is 11.8 Å². The molecule has 0 spiro atoms. The molecule has 2 amide bonds. The molecular weight excluding hydrogens is 280 g/mol. The smallest absolute Gasteiger partial charge is 0.246 e. The number of nitrogens with one attached hydrogen (secondary N) is 1. The van der Waals surface area contributed by atoms with Crippen LogP contribution in [0.3, 0.4) is 0 Å². The van der Waals surface area contributed by atoms with Crippen molar-refractivity contribution < 1.29 is 18.0 Å². The average molecular weight is 304 g/mol. The fourth-order valence-electron chi connectivity index (χ4n) is 2.10. The lowest BCUT2D eigenvalue weighted by atomic mass is 9.85. The fourth-order valence-corrected chi connectivity index (χ4v) is 2.96. The van der Waals surface area contributed by atoms with Gasteiger partial charge in [-0.1, -0.05) is 27.7 Å². The highest BCUT2D eigenvalue weighted by atomic mass is 32.2. The Hall–Kier alpha value is -1.11. The maximum Gasteiger partial charge on any atom is 0.246 e. The second-order valence-electron chi connectivity index (χ2n) is 6.22. The number of sulfone groups is 1. The van der Waals surface area contributed by atoms with Crippen LogP contribution >= 0.6 is 0 Å². The molecule has 1 aliphatic rings. The second-order valence-corrected chi connectivity index (χ2v) is 8.69. The number of amides is 2. The van der Waals surface area contributed by atoms with Gasteiger partial charge < -0.3 is 10.2 Å². The Bertz CT molecular complexity index is 479. The van der Waals surface area contributed by atoms with Gasteiger partial charge in [0.05, 0.1) is 12.3 Å². The third kappa shape index (κ3) is 4.47. The summed E-state index contributed by atoms with van der Waals surface area (Å²) in [6, 6.07) is -0.550. The summed E-state index contributed by atoms with van der Waals surface area (Å²) in [5.74, 6) is -0.171. The summed E-state index contributed by atoms with van der Waals surface area (Å²) in [7, 11) is -3.03. The van der Waals surface area contributed by atoms with Gasteiger partial charge in [0.25, 0.3) is 0 Å². The average Bonchev–Trinajstić information content (AvgIpc) is 2.31. The second kappa shape index (κ2) is 6.11. The van der Waals surface area contributed by atoms with Crippen LogP contribution in [0.15, 0.2) is 0 Å². The molecule has 1 saturated heterocycles. The first kappa shape index (κ1) is 16.9. The lowest BCUT2D eigenvalue weighted by Crippen LogP contribution is -2.62. The molecule has 7 heteroatoms. The summed E-state index contributed by atoms with van der Waals surface area (Å²) in [4.78, 5) is 25.4. The molecule has 1 atom stereocenters. The van der Waals surface area contributed by atoms with Crippen LogP contribution in [0.1, 0.15) is 34.1 Å². The number of hydrogen-bond donors (Lipinski definition) is 1. The molecule has 0 aromatic rings. The number of nitrogens with zero attached hydrogens (tertiary/aromatic N) is 1. The number of rotatable bonds is 5. The van der Waals surface area contributed by atoms with Gasteiger partial charge in [-0.15, -0.1) is 0 Å². The van der Waals surface area contributed by atoms with Crippen molar-refractivity contribution >= 4 is 21.7 Å². The maximum absolute atomic E-state index is 12.3. The van der Waals surface area contributed by atoms with Gasteiger partial charge >= 0.3 is 0 Å². The molecule has 0 radical (unpaired) electrons. The molecule has 1 rings (SSSR count). The minimum absolute atomic E-state index is 0.0115. The maximum atomic E-state index is 12.3. The molecule has 0 aromatic carbocycles. The lowest BCUT2D eigenvalue weighted by Gasteiger charge is -2.38. The molecule has 1 fully saturated rings. The Morgan fingerprint density at radius 3 is 2.40 bits per heavy atom. The molecule has 6 nitrogen and oxygen atoms in total. The molecule has 1 heterocycles. The van der Waals surface area contributed by atoms with E-state index < -0.39 is 15.9 Å². The van der Waals surface area contributed by atoms with Gasteiger partial charge in [-0.2, -0.15) is 0 Å². The Morgan fingerprint density at radius 1 is 1.30 bits per heavy atom. The van der Waals surface area contributed by atoms with Gasteiger partial charge in [0.15, 0.2) is 0 Å². The van der Waals surface area contributed by atoms with Crippen molar-refractivity contribution in [2.75, 3.05) is 24.6 Å². The molecule has 0 bridgehead atoms. The Kier molecular flexibility index (Phi) is 5.18. The zero-order chi connectivity index (χ0) is 15.6. The SMILES string of the molecule is CCS(=O)(=O)CCCN1CC(=O)NC(C(C)(C)C)C1=O. The Labute approximate surface area is 120 Å². The van der Waals surface area contributed by atoms with E-state index in [1.54, 1.807) is 6.92 Å². The van der Waals surface area contributed by atoms with E-state index >= 15 is 0 Å². The third-order valence-electron chi connectivity index (χ3n) is 3.39. The summed E-state index contributed by atoms with van der Waals surface area (Å²) in [5, 5.41) is 2.71. The van der Waals surface area contributed by atoms with Crippen LogP contribution in [-0.4, -0.2) is 55.8 Å². The highest BCUT2D eigenvalue weighted by Crippen LogP contribution is 2.23. The Morgan fingerprint density at radius 2 is 1.90 bits per heavy atom. The Balaban J connectivity index is 2.66. The first-order chi connectivity index (χ1) is 9.07. The summed E-state index contributed by atoms with van der Waals surface area (Å²) in [5.41, 5.74) is -0.360. The minimum atomic E-state index is -3.03. The standard InChI is InChI=1S/C13H24N2O4S/c1-5-20(18,19)8-6-7-15-9-10(16)14-11(12(15)17)13(2,3)4/h11H,5-9H2,1-4H3,(H,14,16). The van der Waals surface area contributed by atoms with Crippen molar-refractivity contribution in [3.05, 3.63) is 0 Å². The number of carbonyl (C=O) groups is 2. The first-order valence-electron chi connectivity index (χ1n) is 6.85. The minimum Gasteiger partial charge on any atom is -0.342 e. The van der Waals surface area contributed by atoms with Crippen molar-refractivity contribution in [2.24, 2.45) is 5.41 Å². The molecule has 0 aliphatic carbocycles. The largest absolute Gasteiger partial charge is 0.342 e. The molecule has 116 valence electrons. The third-order valence-corrected chi connectivity index (χ3v) is 5.18. The molecule has 1 aliphatic heterocycles. The number of carbonyl (C=O) groups excluding carboxylic acids is 2. The van der Waals surface area contributed by atoms with Crippen molar-refractivity contribution in [3.63, 3.8) is 0 Å². The molecule has 0 aromatic heterocycles. The van der Waals surface area contributed by atoms with Gasteiger partial charge in [-0.3, -0.25) is 9.59 Å². The van der Waals surface area contributed by atoms with E-state index in [9.17, 15) is 18.0 Å². The van der Waals surface area contributed by atoms with E-state index in [-0.39, 0.29) is 35.3 Å². The highest BCUT2D eigenvalue weighted by Gasteiger charge is 2.39.